The molecule has 1 fully saturated rings. The minimum atomic E-state index is -0.897. The average Bonchev–Trinajstić information content (AvgIpc) is 2.44. The average molecular weight is 289 g/mol. The third-order valence-electron chi connectivity index (χ3n) is 4.30. The van der Waals surface area contributed by atoms with Gasteiger partial charge in [-0.05, 0) is 44.7 Å². The van der Waals surface area contributed by atoms with Gasteiger partial charge in [-0.1, -0.05) is 30.5 Å². The predicted octanol–water partition coefficient (Wildman–Crippen LogP) is 3.02. The Balaban J connectivity index is 2.26. The van der Waals surface area contributed by atoms with Crippen LogP contribution in [-0.2, 0) is 4.79 Å². The molecule has 0 aromatic heterocycles. The monoisotopic (exact) mass is 289 g/mol. The summed E-state index contributed by atoms with van der Waals surface area (Å²) in [4.78, 5) is 25.7. The first-order chi connectivity index (χ1) is 9.92. The lowest BCUT2D eigenvalue weighted by molar-refractivity contribution is -0.144. The van der Waals surface area contributed by atoms with Gasteiger partial charge in [-0.2, -0.15) is 0 Å². The minimum absolute atomic E-state index is 0.163. The van der Waals surface area contributed by atoms with Crippen molar-refractivity contribution in [2.45, 2.75) is 46.1 Å². The smallest absolute Gasteiger partial charge is 0.326 e. The van der Waals surface area contributed by atoms with Crippen LogP contribution in [0.15, 0.2) is 18.2 Å². The van der Waals surface area contributed by atoms with Gasteiger partial charge >= 0.3 is 5.97 Å². The standard InChI is InChI=1S/C17H23NO3/c1-4-13-5-6-18(15(10-13)17(20)21)16(19)14-8-11(2)7-12(3)9-14/h7-9,13,15H,4-6,10H2,1-3H3,(H,20,21). The molecule has 1 N–H and O–H groups in total. The molecule has 0 bridgehead atoms. The summed E-state index contributed by atoms with van der Waals surface area (Å²) in [6.45, 7) is 6.50. The van der Waals surface area contributed by atoms with Crippen LogP contribution in [0.1, 0.15) is 47.7 Å². The van der Waals surface area contributed by atoms with Crippen molar-refractivity contribution in [2.24, 2.45) is 5.92 Å². The molecule has 2 rings (SSSR count). The van der Waals surface area contributed by atoms with Gasteiger partial charge in [0.2, 0.25) is 0 Å². The molecule has 2 unspecified atom stereocenters. The van der Waals surface area contributed by atoms with Crippen molar-refractivity contribution >= 4 is 11.9 Å². The van der Waals surface area contributed by atoms with E-state index in [9.17, 15) is 14.7 Å². The Bertz CT molecular complexity index is 533. The quantitative estimate of drug-likeness (QED) is 0.930. The van der Waals surface area contributed by atoms with E-state index in [4.69, 9.17) is 0 Å². The van der Waals surface area contributed by atoms with Crippen molar-refractivity contribution in [1.29, 1.82) is 0 Å². The summed E-state index contributed by atoms with van der Waals surface area (Å²) < 4.78 is 0. The van der Waals surface area contributed by atoms with E-state index in [-0.39, 0.29) is 5.91 Å². The molecule has 1 heterocycles. The second-order valence-electron chi connectivity index (χ2n) is 6.03. The zero-order chi connectivity index (χ0) is 15.6. The third-order valence-corrected chi connectivity index (χ3v) is 4.30. The number of nitrogens with zero attached hydrogens (tertiary/aromatic N) is 1. The van der Waals surface area contributed by atoms with Gasteiger partial charge in [0, 0.05) is 12.1 Å². The number of benzene rings is 1. The number of hydrogen-bond acceptors (Lipinski definition) is 2. The molecule has 1 aliphatic heterocycles. The van der Waals surface area contributed by atoms with Crippen LogP contribution in [0.25, 0.3) is 0 Å². The third kappa shape index (κ3) is 3.43. The molecule has 4 nitrogen and oxygen atoms in total. The number of carboxylic acid groups (broad SMARTS) is 1. The number of aliphatic carboxylic acids is 1. The highest BCUT2D eigenvalue weighted by atomic mass is 16.4. The highest BCUT2D eigenvalue weighted by Crippen LogP contribution is 2.27. The summed E-state index contributed by atoms with van der Waals surface area (Å²) >= 11 is 0. The van der Waals surface area contributed by atoms with Gasteiger partial charge in [-0.25, -0.2) is 4.79 Å². The fourth-order valence-corrected chi connectivity index (χ4v) is 3.15. The highest BCUT2D eigenvalue weighted by molar-refractivity contribution is 5.97. The number of hydrogen-bond donors (Lipinski definition) is 1. The number of amides is 1. The number of carbonyl (C=O) groups excluding carboxylic acids is 1. The molecule has 0 saturated carbocycles. The first kappa shape index (κ1) is 15.5. The molecular formula is C17H23NO3. The Hall–Kier alpha value is -1.84. The number of piperidine rings is 1. The Morgan fingerprint density at radius 1 is 1.24 bits per heavy atom. The van der Waals surface area contributed by atoms with Crippen molar-refractivity contribution < 1.29 is 14.7 Å². The van der Waals surface area contributed by atoms with Crippen LogP contribution in [0.3, 0.4) is 0 Å². The Kier molecular flexibility index (Phi) is 4.66. The van der Waals surface area contributed by atoms with Gasteiger partial charge < -0.3 is 10.0 Å². The lowest BCUT2D eigenvalue weighted by atomic mass is 9.88. The molecule has 21 heavy (non-hydrogen) atoms. The number of carbonyl (C=O) groups is 2. The van der Waals surface area contributed by atoms with Crippen molar-refractivity contribution in [1.82, 2.24) is 4.90 Å². The Morgan fingerprint density at radius 2 is 1.86 bits per heavy atom. The number of likely N-dealkylation sites (tertiary alicyclic amines) is 1. The largest absolute Gasteiger partial charge is 0.480 e. The van der Waals surface area contributed by atoms with Gasteiger partial charge in [-0.3, -0.25) is 4.79 Å². The molecule has 0 radical (unpaired) electrons. The molecular weight excluding hydrogens is 266 g/mol. The second kappa shape index (κ2) is 6.29. The van der Waals surface area contributed by atoms with Crippen LogP contribution in [0.2, 0.25) is 0 Å². The van der Waals surface area contributed by atoms with Crippen molar-refractivity contribution in [3.63, 3.8) is 0 Å². The van der Waals surface area contributed by atoms with Crippen molar-refractivity contribution in [3.05, 3.63) is 34.9 Å². The molecule has 1 aromatic carbocycles. The molecule has 1 saturated heterocycles. The predicted molar refractivity (Wildman–Crippen MR) is 81.4 cm³/mol. The van der Waals surface area contributed by atoms with Crippen molar-refractivity contribution in [3.8, 4) is 0 Å². The van der Waals surface area contributed by atoms with Gasteiger partial charge in [-0.15, -0.1) is 0 Å². The molecule has 1 aromatic rings. The summed E-state index contributed by atoms with van der Waals surface area (Å²) in [6.07, 6.45) is 2.41. The Labute approximate surface area is 125 Å². The topological polar surface area (TPSA) is 57.6 Å². The van der Waals surface area contributed by atoms with E-state index in [1.54, 1.807) is 0 Å². The van der Waals surface area contributed by atoms with Crippen LogP contribution in [0, 0.1) is 19.8 Å². The van der Waals surface area contributed by atoms with Gasteiger partial charge in [0.1, 0.15) is 6.04 Å². The maximum Gasteiger partial charge on any atom is 0.326 e. The first-order valence-electron chi connectivity index (χ1n) is 7.54. The van der Waals surface area contributed by atoms with E-state index >= 15 is 0 Å². The fraction of sp³-hybridized carbons (Fsp3) is 0.529. The lowest BCUT2D eigenvalue weighted by Crippen LogP contribution is -2.50. The SMILES string of the molecule is CCC1CCN(C(=O)c2cc(C)cc(C)c2)C(C(=O)O)C1. The van der Waals surface area contributed by atoms with E-state index in [1.807, 2.05) is 32.0 Å². The molecule has 1 aliphatic rings. The molecule has 0 aliphatic carbocycles. The molecule has 2 atom stereocenters. The van der Waals surface area contributed by atoms with Crippen LogP contribution in [0.4, 0.5) is 0 Å². The zero-order valence-electron chi connectivity index (χ0n) is 12.9. The van der Waals surface area contributed by atoms with Gasteiger partial charge in [0.05, 0.1) is 0 Å². The summed E-state index contributed by atoms with van der Waals surface area (Å²) in [5, 5.41) is 9.43. The van der Waals surface area contributed by atoms with E-state index in [0.717, 1.165) is 24.0 Å². The minimum Gasteiger partial charge on any atom is -0.480 e. The Morgan fingerprint density at radius 3 is 2.38 bits per heavy atom. The van der Waals surface area contributed by atoms with E-state index in [0.29, 0.717) is 24.4 Å². The van der Waals surface area contributed by atoms with Crippen LogP contribution in [0.5, 0.6) is 0 Å². The number of rotatable bonds is 3. The summed E-state index contributed by atoms with van der Waals surface area (Å²) in [6, 6.07) is 4.98. The molecule has 0 spiro atoms. The fourth-order valence-electron chi connectivity index (χ4n) is 3.15. The molecule has 1 amide bonds. The van der Waals surface area contributed by atoms with Crippen molar-refractivity contribution in [2.75, 3.05) is 6.54 Å². The number of aryl methyl sites for hydroxylation is 2. The van der Waals surface area contributed by atoms with E-state index < -0.39 is 12.0 Å². The van der Waals surface area contributed by atoms with Crippen LogP contribution < -0.4 is 0 Å². The van der Waals surface area contributed by atoms with Gasteiger partial charge in [0.15, 0.2) is 0 Å². The molecule has 114 valence electrons. The van der Waals surface area contributed by atoms with E-state index in [1.165, 1.54) is 4.90 Å². The second-order valence-corrected chi connectivity index (χ2v) is 6.03. The van der Waals surface area contributed by atoms with E-state index in [2.05, 4.69) is 6.92 Å². The first-order valence-corrected chi connectivity index (χ1v) is 7.54. The normalized spacial score (nSPS) is 22.1. The lowest BCUT2D eigenvalue weighted by Gasteiger charge is -2.37. The number of carboxylic acids is 1. The summed E-state index contributed by atoms with van der Waals surface area (Å²) in [5.74, 6) is -0.663. The molecule has 4 heteroatoms. The van der Waals surface area contributed by atoms with Crippen LogP contribution in [-0.4, -0.2) is 34.5 Å². The van der Waals surface area contributed by atoms with Crippen LogP contribution >= 0.6 is 0 Å². The summed E-state index contributed by atoms with van der Waals surface area (Å²) in [7, 11) is 0. The maximum atomic E-state index is 12.7. The summed E-state index contributed by atoms with van der Waals surface area (Å²) in [5.41, 5.74) is 2.64. The van der Waals surface area contributed by atoms with Gasteiger partial charge in [0.25, 0.3) is 5.91 Å². The maximum absolute atomic E-state index is 12.7. The zero-order valence-corrected chi connectivity index (χ0v) is 12.9. The highest BCUT2D eigenvalue weighted by Gasteiger charge is 2.35.